The summed E-state index contributed by atoms with van der Waals surface area (Å²) in [6, 6.07) is 11.5. The standard InChI is InChI=1S/C16H10Cl2F3N/c17-10-3-1-9(2-4-10)15-13(8-16(19,20)21)12-6-5-11(18)7-14(12)22-15/h1-7,22H,8H2. The number of nitrogens with one attached hydrogen (secondary N) is 1. The first kappa shape index (κ1) is 15.3. The number of aromatic nitrogens is 1. The quantitative estimate of drug-likeness (QED) is 0.566. The summed E-state index contributed by atoms with van der Waals surface area (Å²) in [5, 5.41) is 1.52. The van der Waals surface area contributed by atoms with Gasteiger partial charge in [-0.2, -0.15) is 13.2 Å². The van der Waals surface area contributed by atoms with E-state index < -0.39 is 12.6 Å². The van der Waals surface area contributed by atoms with Crippen LogP contribution in [0.15, 0.2) is 42.5 Å². The lowest BCUT2D eigenvalue weighted by Gasteiger charge is -2.08. The zero-order valence-electron chi connectivity index (χ0n) is 11.1. The third kappa shape index (κ3) is 3.08. The lowest BCUT2D eigenvalue weighted by Crippen LogP contribution is -2.11. The van der Waals surface area contributed by atoms with Crippen molar-refractivity contribution in [3.8, 4) is 11.3 Å². The van der Waals surface area contributed by atoms with E-state index in [0.717, 1.165) is 0 Å². The van der Waals surface area contributed by atoms with Crippen LogP contribution < -0.4 is 0 Å². The molecule has 0 saturated carbocycles. The van der Waals surface area contributed by atoms with E-state index in [9.17, 15) is 13.2 Å². The number of benzene rings is 2. The van der Waals surface area contributed by atoms with Crippen LogP contribution in [0.4, 0.5) is 13.2 Å². The molecule has 0 radical (unpaired) electrons. The summed E-state index contributed by atoms with van der Waals surface area (Å²) in [6.07, 6.45) is -5.30. The fourth-order valence-electron chi connectivity index (χ4n) is 2.47. The van der Waals surface area contributed by atoms with Crippen molar-refractivity contribution in [3.63, 3.8) is 0 Å². The minimum absolute atomic E-state index is 0.210. The summed E-state index contributed by atoms with van der Waals surface area (Å²) in [5.74, 6) is 0. The largest absolute Gasteiger partial charge is 0.393 e. The highest BCUT2D eigenvalue weighted by Crippen LogP contribution is 2.36. The zero-order valence-corrected chi connectivity index (χ0v) is 12.7. The number of alkyl halides is 3. The van der Waals surface area contributed by atoms with Crippen LogP contribution in [-0.2, 0) is 6.42 Å². The Morgan fingerprint density at radius 2 is 1.55 bits per heavy atom. The molecular formula is C16H10Cl2F3N. The summed E-state index contributed by atoms with van der Waals surface area (Å²) in [4.78, 5) is 3.04. The Balaban J connectivity index is 2.23. The van der Waals surface area contributed by atoms with Crippen molar-refractivity contribution < 1.29 is 13.2 Å². The fraction of sp³-hybridized carbons (Fsp3) is 0.125. The van der Waals surface area contributed by atoms with E-state index in [2.05, 4.69) is 4.98 Å². The number of halogens is 5. The molecule has 0 aliphatic rings. The van der Waals surface area contributed by atoms with E-state index >= 15 is 0 Å². The number of hydrogen-bond acceptors (Lipinski definition) is 0. The topological polar surface area (TPSA) is 15.8 Å². The molecule has 0 saturated heterocycles. The molecule has 22 heavy (non-hydrogen) atoms. The Labute approximate surface area is 134 Å². The summed E-state index contributed by atoms with van der Waals surface area (Å²) >= 11 is 11.8. The van der Waals surface area contributed by atoms with Crippen molar-refractivity contribution in [2.45, 2.75) is 12.6 Å². The van der Waals surface area contributed by atoms with Gasteiger partial charge in [0.15, 0.2) is 0 Å². The molecule has 0 unspecified atom stereocenters. The third-order valence-corrected chi connectivity index (χ3v) is 3.87. The molecule has 0 aliphatic heterocycles. The minimum Gasteiger partial charge on any atom is -0.354 e. The fourth-order valence-corrected chi connectivity index (χ4v) is 2.77. The van der Waals surface area contributed by atoms with Gasteiger partial charge in [0.25, 0.3) is 0 Å². The maximum absolute atomic E-state index is 12.9. The molecule has 0 spiro atoms. The van der Waals surface area contributed by atoms with Gasteiger partial charge in [0.1, 0.15) is 0 Å². The van der Waals surface area contributed by atoms with Crippen molar-refractivity contribution in [1.82, 2.24) is 4.98 Å². The molecular weight excluding hydrogens is 334 g/mol. The second-order valence-electron chi connectivity index (χ2n) is 4.97. The molecule has 0 aliphatic carbocycles. The molecule has 1 aromatic heterocycles. The van der Waals surface area contributed by atoms with Crippen LogP contribution in [0.5, 0.6) is 0 Å². The van der Waals surface area contributed by atoms with Gasteiger partial charge in [-0.3, -0.25) is 0 Å². The maximum atomic E-state index is 12.9. The lowest BCUT2D eigenvalue weighted by atomic mass is 10.0. The number of rotatable bonds is 2. The lowest BCUT2D eigenvalue weighted by molar-refractivity contribution is -0.126. The molecule has 1 nitrogen and oxygen atoms in total. The minimum atomic E-state index is -4.30. The molecule has 3 aromatic rings. The third-order valence-electron chi connectivity index (χ3n) is 3.38. The monoisotopic (exact) mass is 343 g/mol. The van der Waals surface area contributed by atoms with Gasteiger partial charge in [0.2, 0.25) is 0 Å². The van der Waals surface area contributed by atoms with Crippen molar-refractivity contribution in [2.24, 2.45) is 0 Å². The van der Waals surface area contributed by atoms with Crippen LogP contribution in [-0.4, -0.2) is 11.2 Å². The van der Waals surface area contributed by atoms with Gasteiger partial charge in [-0.25, -0.2) is 0 Å². The Hall–Kier alpha value is -1.65. The predicted molar refractivity (Wildman–Crippen MR) is 83.5 cm³/mol. The average Bonchev–Trinajstić information content (AvgIpc) is 2.75. The second-order valence-corrected chi connectivity index (χ2v) is 5.84. The molecule has 0 bridgehead atoms. The zero-order chi connectivity index (χ0) is 15.9. The number of H-pyrrole nitrogens is 1. The molecule has 0 amide bonds. The van der Waals surface area contributed by atoms with Gasteiger partial charge in [-0.1, -0.05) is 41.4 Å². The van der Waals surface area contributed by atoms with Gasteiger partial charge in [0.05, 0.1) is 12.1 Å². The van der Waals surface area contributed by atoms with E-state index in [4.69, 9.17) is 23.2 Å². The van der Waals surface area contributed by atoms with Crippen LogP contribution in [0, 0.1) is 0 Å². The summed E-state index contributed by atoms with van der Waals surface area (Å²) in [7, 11) is 0. The van der Waals surface area contributed by atoms with Crippen molar-refractivity contribution in [3.05, 3.63) is 58.1 Å². The summed E-state index contributed by atoms with van der Waals surface area (Å²) in [6.45, 7) is 0. The van der Waals surface area contributed by atoms with E-state index in [-0.39, 0.29) is 5.56 Å². The number of fused-ring (bicyclic) bond motifs is 1. The Bertz CT molecular complexity index is 820. The normalized spacial score (nSPS) is 12.0. The summed E-state index contributed by atoms with van der Waals surface area (Å²) in [5.41, 5.74) is 1.88. The SMILES string of the molecule is FC(F)(F)Cc1c(-c2ccc(Cl)cc2)[nH]c2cc(Cl)ccc12. The first-order valence-electron chi connectivity index (χ1n) is 6.46. The summed E-state index contributed by atoms with van der Waals surface area (Å²) < 4.78 is 38.8. The Morgan fingerprint density at radius 3 is 2.18 bits per heavy atom. The van der Waals surface area contributed by atoms with E-state index in [0.29, 0.717) is 32.2 Å². The van der Waals surface area contributed by atoms with Crippen LogP contribution in [0.2, 0.25) is 10.0 Å². The van der Waals surface area contributed by atoms with Crippen molar-refractivity contribution in [2.75, 3.05) is 0 Å². The molecule has 3 rings (SSSR count). The molecule has 6 heteroatoms. The van der Waals surface area contributed by atoms with Crippen molar-refractivity contribution >= 4 is 34.1 Å². The highest BCUT2D eigenvalue weighted by molar-refractivity contribution is 6.31. The van der Waals surface area contributed by atoms with Crippen LogP contribution >= 0.6 is 23.2 Å². The smallest absolute Gasteiger partial charge is 0.354 e. The number of aromatic amines is 1. The van der Waals surface area contributed by atoms with Gasteiger partial charge in [-0.15, -0.1) is 0 Å². The Morgan fingerprint density at radius 1 is 0.909 bits per heavy atom. The Kier molecular flexibility index (Phi) is 3.83. The van der Waals surface area contributed by atoms with Gasteiger partial charge in [0, 0.05) is 20.9 Å². The van der Waals surface area contributed by atoms with Gasteiger partial charge >= 0.3 is 6.18 Å². The van der Waals surface area contributed by atoms with Gasteiger partial charge < -0.3 is 4.98 Å². The van der Waals surface area contributed by atoms with Crippen LogP contribution in [0.25, 0.3) is 22.2 Å². The van der Waals surface area contributed by atoms with Crippen molar-refractivity contribution in [1.29, 1.82) is 0 Å². The number of hydrogen-bond donors (Lipinski definition) is 1. The average molecular weight is 344 g/mol. The maximum Gasteiger partial charge on any atom is 0.393 e. The molecule has 0 fully saturated rings. The van der Waals surface area contributed by atoms with E-state index in [1.807, 2.05) is 0 Å². The highest BCUT2D eigenvalue weighted by atomic mass is 35.5. The van der Waals surface area contributed by atoms with Gasteiger partial charge in [-0.05, 0) is 35.4 Å². The second kappa shape index (κ2) is 5.52. The molecule has 2 aromatic carbocycles. The van der Waals surface area contributed by atoms with Crippen LogP contribution in [0.3, 0.4) is 0 Å². The molecule has 0 atom stereocenters. The highest BCUT2D eigenvalue weighted by Gasteiger charge is 2.31. The first-order valence-corrected chi connectivity index (χ1v) is 7.22. The van der Waals surface area contributed by atoms with Crippen LogP contribution in [0.1, 0.15) is 5.56 Å². The van der Waals surface area contributed by atoms with E-state index in [1.54, 1.807) is 42.5 Å². The molecule has 114 valence electrons. The molecule has 1 N–H and O–H groups in total. The molecule has 1 heterocycles. The predicted octanol–water partition coefficient (Wildman–Crippen LogP) is 6.25. The van der Waals surface area contributed by atoms with E-state index in [1.165, 1.54) is 0 Å². The first-order chi connectivity index (χ1) is 10.3.